The Morgan fingerprint density at radius 2 is 0.877 bits per heavy atom. The molecule has 0 radical (unpaired) electrons. The molecular weight excluding hydrogens is 928 g/mol. The van der Waals surface area contributed by atoms with Crippen LogP contribution >= 0.6 is 7.82 Å². The van der Waals surface area contributed by atoms with Gasteiger partial charge in [0.2, 0.25) is 5.91 Å². The second kappa shape index (κ2) is 52.9. The number of amides is 1. The number of unbranched alkanes of at least 4 members (excludes halogenated alkanes) is 28. The molecule has 424 valence electrons. The van der Waals surface area contributed by atoms with Crippen LogP contribution in [0.2, 0.25) is 0 Å². The van der Waals surface area contributed by atoms with Crippen LogP contribution in [0.4, 0.5) is 0 Å². The number of hydrogen-bond donors (Lipinski definition) is 2. The second-order valence-corrected chi connectivity index (χ2v) is 23.0. The van der Waals surface area contributed by atoms with Crippen LogP contribution in [-0.2, 0) is 27.9 Å². The van der Waals surface area contributed by atoms with Gasteiger partial charge in [0.15, 0.2) is 0 Å². The lowest BCUT2D eigenvalue weighted by atomic mass is 10.0. The van der Waals surface area contributed by atoms with Gasteiger partial charge in [-0.15, -0.1) is 0 Å². The summed E-state index contributed by atoms with van der Waals surface area (Å²) in [6.07, 6.45) is 67.6. The third-order valence-corrected chi connectivity index (χ3v) is 14.1. The monoisotopic (exact) mass is 1040 g/mol. The molecule has 0 saturated carbocycles. The van der Waals surface area contributed by atoms with Gasteiger partial charge in [-0.25, -0.2) is 4.57 Å². The number of rotatable bonds is 54. The molecule has 0 saturated heterocycles. The van der Waals surface area contributed by atoms with Crippen molar-refractivity contribution < 1.29 is 37.3 Å². The molecule has 3 atom stereocenters. The maximum Gasteiger partial charge on any atom is 0.472 e. The number of esters is 1. The number of allylic oxidation sites excluding steroid dienone is 11. The summed E-state index contributed by atoms with van der Waals surface area (Å²) in [4.78, 5) is 37.6. The Bertz CT molecular complexity index is 1480. The van der Waals surface area contributed by atoms with Gasteiger partial charge < -0.3 is 19.4 Å². The van der Waals surface area contributed by atoms with Crippen molar-refractivity contribution in [2.45, 2.75) is 277 Å². The molecule has 0 spiro atoms. The van der Waals surface area contributed by atoms with E-state index in [0.717, 1.165) is 89.9 Å². The number of hydrogen-bond acceptors (Lipinski definition) is 6. The predicted molar refractivity (Wildman–Crippen MR) is 314 cm³/mol. The summed E-state index contributed by atoms with van der Waals surface area (Å²) in [7, 11) is 1.47. The van der Waals surface area contributed by atoms with E-state index in [0.29, 0.717) is 23.9 Å². The molecule has 0 heterocycles. The van der Waals surface area contributed by atoms with Crippen LogP contribution in [0.5, 0.6) is 0 Å². The summed E-state index contributed by atoms with van der Waals surface area (Å²) in [5.74, 6) is -0.539. The van der Waals surface area contributed by atoms with Gasteiger partial charge in [-0.2, -0.15) is 0 Å². The quantitative estimate of drug-likeness (QED) is 0.0205. The number of ether oxygens (including phenoxy) is 1. The van der Waals surface area contributed by atoms with E-state index in [1.54, 1.807) is 0 Å². The Kier molecular flexibility index (Phi) is 51.0. The first kappa shape index (κ1) is 70.5. The summed E-state index contributed by atoms with van der Waals surface area (Å²) in [6, 6.07) is -0.866. The van der Waals surface area contributed by atoms with Crippen LogP contribution in [-0.4, -0.2) is 74.3 Å². The van der Waals surface area contributed by atoms with Crippen molar-refractivity contribution in [3.05, 3.63) is 72.9 Å². The molecule has 3 unspecified atom stereocenters. The van der Waals surface area contributed by atoms with Gasteiger partial charge >= 0.3 is 13.8 Å². The van der Waals surface area contributed by atoms with Crippen LogP contribution in [0.15, 0.2) is 72.9 Å². The Hall–Kier alpha value is -2.55. The van der Waals surface area contributed by atoms with Crippen LogP contribution < -0.4 is 5.32 Å². The average molecular weight is 1040 g/mol. The number of phosphoric acid groups is 1. The highest BCUT2D eigenvalue weighted by molar-refractivity contribution is 7.47. The Morgan fingerprint density at radius 1 is 0.493 bits per heavy atom. The van der Waals surface area contributed by atoms with Gasteiger partial charge in [0.1, 0.15) is 19.3 Å². The van der Waals surface area contributed by atoms with Gasteiger partial charge in [-0.1, -0.05) is 248 Å². The highest BCUT2D eigenvalue weighted by Crippen LogP contribution is 2.43. The van der Waals surface area contributed by atoms with Crippen molar-refractivity contribution in [1.29, 1.82) is 0 Å². The van der Waals surface area contributed by atoms with Crippen molar-refractivity contribution in [2.24, 2.45) is 0 Å². The molecule has 73 heavy (non-hydrogen) atoms. The van der Waals surface area contributed by atoms with E-state index in [4.69, 9.17) is 13.8 Å². The van der Waals surface area contributed by atoms with Crippen molar-refractivity contribution >= 4 is 19.7 Å². The van der Waals surface area contributed by atoms with E-state index < -0.39 is 20.0 Å². The third-order valence-electron chi connectivity index (χ3n) is 13.2. The average Bonchev–Trinajstić information content (AvgIpc) is 3.35. The number of carbonyl (C=O) groups excluding carboxylic acids is 2. The van der Waals surface area contributed by atoms with Gasteiger partial charge in [0, 0.05) is 12.8 Å². The van der Waals surface area contributed by atoms with Crippen LogP contribution in [0.1, 0.15) is 265 Å². The number of nitrogens with one attached hydrogen (secondary N) is 1. The SMILES string of the molecule is CC/C=C\C/C=C\C/C=C\C/C=C\C/C=C\CCCCCC(=O)NC(COP(=O)(O)OCC[N+](C)(C)C)C(/C=C/CCCCCCCCCCC)OC(=O)CCCCCCCCCCCCCCCCCCC. The first-order valence-corrected chi connectivity index (χ1v) is 31.8. The van der Waals surface area contributed by atoms with Crippen LogP contribution in [0.3, 0.4) is 0 Å². The highest BCUT2D eigenvalue weighted by Gasteiger charge is 2.30. The highest BCUT2D eigenvalue weighted by atomic mass is 31.2. The molecule has 0 aromatic rings. The van der Waals surface area contributed by atoms with Gasteiger partial charge in [0.25, 0.3) is 0 Å². The molecule has 0 bridgehead atoms. The third kappa shape index (κ3) is 54.1. The standard InChI is InChI=1S/C63H115N2O7P/c1-7-10-13-16-19-22-25-27-29-31-32-34-35-37-40-43-46-49-52-55-62(66)64-60(59-71-73(68,69)70-58-57-65(4,5)6)61(54-51-48-45-42-39-24-21-18-15-12-9-3)72-63(67)56-53-50-47-44-41-38-36-33-30-28-26-23-20-17-14-11-8-2/h10,13,19,22,27,29,32,34,37,40,51,54,60-61H,7-9,11-12,14-18,20-21,23-26,28,30-31,33,35-36,38-39,41-50,52-53,55-59H2,1-6H3,(H-,64,66,68,69)/p+1/b13-10-,22-19-,29-27-,34-32-,40-37-,54-51+. The fourth-order valence-electron chi connectivity index (χ4n) is 8.50. The Labute approximate surface area is 451 Å². The van der Waals surface area contributed by atoms with Gasteiger partial charge in [-0.3, -0.25) is 18.6 Å². The van der Waals surface area contributed by atoms with Crippen molar-refractivity contribution in [2.75, 3.05) is 40.9 Å². The zero-order valence-electron chi connectivity index (χ0n) is 48.4. The number of quaternary nitrogens is 1. The lowest BCUT2D eigenvalue weighted by Gasteiger charge is -2.27. The zero-order valence-corrected chi connectivity index (χ0v) is 49.3. The molecule has 1 amide bonds. The molecule has 0 aliphatic rings. The minimum atomic E-state index is -4.46. The van der Waals surface area contributed by atoms with E-state index in [1.165, 1.54) is 135 Å². The minimum Gasteiger partial charge on any atom is -0.456 e. The minimum absolute atomic E-state index is 0.0321. The van der Waals surface area contributed by atoms with E-state index in [1.807, 2.05) is 33.3 Å². The maximum atomic E-state index is 13.5. The number of carbonyl (C=O) groups is 2. The van der Waals surface area contributed by atoms with E-state index in [-0.39, 0.29) is 31.5 Å². The molecule has 10 heteroatoms. The largest absolute Gasteiger partial charge is 0.472 e. The maximum absolute atomic E-state index is 13.5. The molecular formula is C63H116N2O7P+. The Morgan fingerprint density at radius 3 is 1.33 bits per heavy atom. The smallest absolute Gasteiger partial charge is 0.456 e. The van der Waals surface area contributed by atoms with E-state index >= 15 is 0 Å². The predicted octanol–water partition coefficient (Wildman–Crippen LogP) is 18.4. The first-order chi connectivity index (χ1) is 35.4. The second-order valence-electron chi connectivity index (χ2n) is 21.5. The van der Waals surface area contributed by atoms with Crippen molar-refractivity contribution in [3.8, 4) is 0 Å². The fourth-order valence-corrected chi connectivity index (χ4v) is 9.23. The Balaban J connectivity index is 5.30. The lowest BCUT2D eigenvalue weighted by molar-refractivity contribution is -0.870. The van der Waals surface area contributed by atoms with Crippen LogP contribution in [0, 0.1) is 0 Å². The molecule has 0 aromatic heterocycles. The van der Waals surface area contributed by atoms with E-state index in [2.05, 4.69) is 86.8 Å². The normalized spacial score (nSPS) is 14.2. The molecule has 0 aliphatic heterocycles. The summed E-state index contributed by atoms with van der Waals surface area (Å²) in [5, 5.41) is 3.03. The zero-order chi connectivity index (χ0) is 53.6. The fraction of sp³-hybridized carbons (Fsp3) is 0.778. The number of nitrogens with zero attached hydrogens (tertiary/aromatic N) is 1. The summed E-state index contributed by atoms with van der Waals surface area (Å²) >= 11 is 0. The molecule has 0 fully saturated rings. The van der Waals surface area contributed by atoms with Gasteiger partial charge in [-0.05, 0) is 76.7 Å². The molecule has 0 aliphatic carbocycles. The van der Waals surface area contributed by atoms with Crippen molar-refractivity contribution in [1.82, 2.24) is 5.32 Å². The van der Waals surface area contributed by atoms with Gasteiger partial charge in [0.05, 0.1) is 33.8 Å². The van der Waals surface area contributed by atoms with Crippen LogP contribution in [0.25, 0.3) is 0 Å². The summed E-state index contributed by atoms with van der Waals surface area (Å²) < 4.78 is 30.6. The summed E-state index contributed by atoms with van der Waals surface area (Å²) in [5.41, 5.74) is 0. The lowest BCUT2D eigenvalue weighted by Crippen LogP contribution is -2.47. The van der Waals surface area contributed by atoms with E-state index in [9.17, 15) is 19.0 Å². The number of likely N-dealkylation sites (N-methyl/N-ethyl adjacent to an activating group) is 1. The molecule has 9 nitrogen and oxygen atoms in total. The molecule has 0 aromatic carbocycles. The number of phosphoric ester groups is 1. The summed E-state index contributed by atoms with van der Waals surface area (Å²) in [6.45, 7) is 6.88. The first-order valence-electron chi connectivity index (χ1n) is 30.3. The molecule has 0 rings (SSSR count). The molecule has 2 N–H and O–H groups in total. The topological polar surface area (TPSA) is 111 Å². The van der Waals surface area contributed by atoms with Crippen molar-refractivity contribution in [3.63, 3.8) is 0 Å².